The summed E-state index contributed by atoms with van der Waals surface area (Å²) in [5, 5.41) is 9.11. The van der Waals surface area contributed by atoms with Gasteiger partial charge in [-0.2, -0.15) is 0 Å². The largest absolute Gasteiger partial charge is 0.478 e. The quantitative estimate of drug-likeness (QED) is 0.620. The zero-order valence-corrected chi connectivity index (χ0v) is 12.1. The van der Waals surface area contributed by atoms with Crippen LogP contribution in [-0.4, -0.2) is 30.4 Å². The second-order valence-electron chi connectivity index (χ2n) is 5.03. The topological polar surface area (TPSA) is 59.1 Å². The molecule has 1 unspecified atom stereocenters. The molecule has 1 aliphatic heterocycles. The number of carboxylic acids is 1. The Labute approximate surface area is 123 Å². The highest BCUT2D eigenvalue weighted by Gasteiger charge is 2.24. The Balaban J connectivity index is 2.25. The Morgan fingerprint density at radius 1 is 1.62 bits per heavy atom. The fourth-order valence-electron chi connectivity index (χ4n) is 2.04. The van der Waals surface area contributed by atoms with Gasteiger partial charge in [0.05, 0.1) is 19.3 Å². The summed E-state index contributed by atoms with van der Waals surface area (Å²) in [7, 11) is 0. The molecule has 114 valence electrons. The zero-order chi connectivity index (χ0) is 15.4. The molecule has 1 aliphatic rings. The number of halogens is 1. The molecule has 5 heteroatoms. The van der Waals surface area contributed by atoms with Gasteiger partial charge in [0.1, 0.15) is 11.9 Å². The maximum Gasteiger partial charge on any atom is 0.331 e. The second kappa shape index (κ2) is 6.83. The molecular weight excluding hydrogens is 275 g/mol. The summed E-state index contributed by atoms with van der Waals surface area (Å²) in [6, 6.07) is 4.29. The van der Waals surface area contributed by atoms with E-state index in [-0.39, 0.29) is 23.6 Å². The van der Waals surface area contributed by atoms with E-state index in [0.29, 0.717) is 30.8 Å². The molecule has 1 saturated heterocycles. The lowest BCUT2D eigenvalue weighted by atomic mass is 10.00. The van der Waals surface area contributed by atoms with Gasteiger partial charge in [-0.25, -0.2) is 9.18 Å². The summed E-state index contributed by atoms with van der Waals surface area (Å²) in [6.07, 6.45) is 1.77. The van der Waals surface area contributed by atoms with Gasteiger partial charge in [-0.15, -0.1) is 0 Å². The van der Waals surface area contributed by atoms with Crippen LogP contribution in [0.4, 0.5) is 4.39 Å². The van der Waals surface area contributed by atoms with E-state index in [9.17, 15) is 9.18 Å². The van der Waals surface area contributed by atoms with Crippen molar-refractivity contribution in [3.63, 3.8) is 0 Å². The third-order valence-electron chi connectivity index (χ3n) is 3.41. The van der Waals surface area contributed by atoms with E-state index >= 15 is 0 Å². The Morgan fingerprint density at radius 3 is 2.90 bits per heavy atom. The highest BCUT2D eigenvalue weighted by molar-refractivity contribution is 5.92. The highest BCUT2D eigenvalue weighted by atomic mass is 19.1. The molecule has 1 N–H and O–H groups in total. The monoisotopic (exact) mass is 294 g/mol. The summed E-state index contributed by atoms with van der Waals surface area (Å²) in [6.45, 7) is 4.75. The van der Waals surface area contributed by atoms with Gasteiger partial charge in [0, 0.05) is 5.57 Å². The van der Waals surface area contributed by atoms with Gasteiger partial charge in [0.15, 0.2) is 0 Å². The molecule has 0 bridgehead atoms. The molecule has 0 aliphatic carbocycles. The minimum atomic E-state index is -0.965. The first-order valence-electron chi connectivity index (χ1n) is 6.97. The predicted octanol–water partition coefficient (Wildman–Crippen LogP) is 3.18. The lowest BCUT2D eigenvalue weighted by Gasteiger charge is -2.16. The first-order valence-corrected chi connectivity index (χ1v) is 6.97. The fourth-order valence-corrected chi connectivity index (χ4v) is 2.04. The lowest BCUT2D eigenvalue weighted by molar-refractivity contribution is -0.132. The number of carboxylic acid groups (broad SMARTS) is 1. The molecule has 0 aromatic heterocycles. The third kappa shape index (κ3) is 4.37. The summed E-state index contributed by atoms with van der Waals surface area (Å²) >= 11 is 0. The third-order valence-corrected chi connectivity index (χ3v) is 3.41. The van der Waals surface area contributed by atoms with Crippen molar-refractivity contribution in [1.82, 2.24) is 0 Å². The van der Waals surface area contributed by atoms with Gasteiger partial charge in [0.2, 0.25) is 0 Å². The van der Waals surface area contributed by atoms with Gasteiger partial charge in [-0.3, -0.25) is 0 Å². The summed E-state index contributed by atoms with van der Waals surface area (Å²) in [5.74, 6) is -1.33. The standard InChI is InChI=1S/C16H19FO4/c1-3-11(16(18)19)6-12-4-5-13(17)7-15(12)10(2)20-8-14-9-21-14/h4-7,10,14H,3,8-9H2,1-2H3,(H,18,19)/t10-,14?/m1/s1. The van der Waals surface area contributed by atoms with Gasteiger partial charge in [0.25, 0.3) is 0 Å². The fraction of sp³-hybridized carbons (Fsp3) is 0.438. The van der Waals surface area contributed by atoms with Crippen molar-refractivity contribution in [3.05, 3.63) is 40.7 Å². The van der Waals surface area contributed by atoms with E-state index in [1.54, 1.807) is 19.1 Å². The predicted molar refractivity (Wildman–Crippen MR) is 76.4 cm³/mol. The average molecular weight is 294 g/mol. The van der Waals surface area contributed by atoms with Crippen LogP contribution in [0, 0.1) is 5.82 Å². The lowest BCUT2D eigenvalue weighted by Crippen LogP contribution is -2.08. The molecule has 2 atom stereocenters. The smallest absolute Gasteiger partial charge is 0.331 e. The van der Waals surface area contributed by atoms with Crippen LogP contribution in [0.2, 0.25) is 0 Å². The number of epoxide rings is 1. The van der Waals surface area contributed by atoms with Gasteiger partial charge < -0.3 is 14.6 Å². The molecular formula is C16H19FO4. The second-order valence-corrected chi connectivity index (χ2v) is 5.03. The van der Waals surface area contributed by atoms with E-state index in [4.69, 9.17) is 14.6 Å². The molecule has 4 nitrogen and oxygen atoms in total. The van der Waals surface area contributed by atoms with Gasteiger partial charge in [-0.1, -0.05) is 13.0 Å². The maximum atomic E-state index is 13.5. The van der Waals surface area contributed by atoms with Crippen LogP contribution in [0.25, 0.3) is 6.08 Å². The number of hydrogen-bond acceptors (Lipinski definition) is 3. The maximum absolute atomic E-state index is 13.5. The molecule has 0 saturated carbocycles. The van der Waals surface area contributed by atoms with Crippen molar-refractivity contribution in [2.24, 2.45) is 0 Å². The normalized spacial score (nSPS) is 19.4. The van der Waals surface area contributed by atoms with Crippen molar-refractivity contribution >= 4 is 12.0 Å². The number of aliphatic carboxylic acids is 1. The SMILES string of the molecule is CCC(=Cc1ccc(F)cc1[C@@H](C)OCC1CO1)C(=O)O. The van der Waals surface area contributed by atoms with Crippen LogP contribution < -0.4 is 0 Å². The van der Waals surface area contributed by atoms with Crippen molar-refractivity contribution in [1.29, 1.82) is 0 Å². The van der Waals surface area contributed by atoms with Crippen molar-refractivity contribution in [2.45, 2.75) is 32.5 Å². The summed E-state index contributed by atoms with van der Waals surface area (Å²) in [4.78, 5) is 11.1. The number of ether oxygens (including phenoxy) is 2. The summed E-state index contributed by atoms with van der Waals surface area (Å²) < 4.78 is 24.2. The van der Waals surface area contributed by atoms with Crippen LogP contribution in [0.15, 0.2) is 23.8 Å². The van der Waals surface area contributed by atoms with Crippen LogP contribution in [0.3, 0.4) is 0 Å². The van der Waals surface area contributed by atoms with E-state index in [1.807, 2.05) is 6.92 Å². The molecule has 1 fully saturated rings. The van der Waals surface area contributed by atoms with Crippen LogP contribution in [0.1, 0.15) is 37.5 Å². The van der Waals surface area contributed by atoms with Gasteiger partial charge in [-0.05, 0) is 42.7 Å². The molecule has 2 rings (SSSR count). The van der Waals surface area contributed by atoms with E-state index in [0.717, 1.165) is 0 Å². The molecule has 0 amide bonds. The minimum Gasteiger partial charge on any atom is -0.478 e. The van der Waals surface area contributed by atoms with E-state index in [1.165, 1.54) is 12.1 Å². The first-order chi connectivity index (χ1) is 10.0. The number of rotatable bonds is 7. The highest BCUT2D eigenvalue weighted by Crippen LogP contribution is 2.26. The molecule has 0 spiro atoms. The van der Waals surface area contributed by atoms with E-state index < -0.39 is 5.97 Å². The Kier molecular flexibility index (Phi) is 5.09. The molecule has 0 radical (unpaired) electrons. The molecule has 1 heterocycles. The molecule has 1 aromatic rings. The van der Waals surface area contributed by atoms with Crippen LogP contribution >= 0.6 is 0 Å². The number of carbonyl (C=O) groups is 1. The van der Waals surface area contributed by atoms with Gasteiger partial charge >= 0.3 is 5.97 Å². The molecule has 21 heavy (non-hydrogen) atoms. The van der Waals surface area contributed by atoms with Crippen molar-refractivity contribution < 1.29 is 23.8 Å². The Hall–Kier alpha value is -1.72. The van der Waals surface area contributed by atoms with Crippen molar-refractivity contribution in [3.8, 4) is 0 Å². The first kappa shape index (κ1) is 15.7. The van der Waals surface area contributed by atoms with Crippen LogP contribution in [-0.2, 0) is 14.3 Å². The van der Waals surface area contributed by atoms with Crippen molar-refractivity contribution in [2.75, 3.05) is 13.2 Å². The molecule has 1 aromatic carbocycles. The Morgan fingerprint density at radius 2 is 2.33 bits per heavy atom. The Bertz CT molecular complexity index is 549. The zero-order valence-electron chi connectivity index (χ0n) is 12.1. The minimum absolute atomic E-state index is 0.130. The van der Waals surface area contributed by atoms with E-state index in [2.05, 4.69) is 0 Å². The average Bonchev–Trinajstić information content (AvgIpc) is 3.27. The van der Waals surface area contributed by atoms with Crippen LogP contribution in [0.5, 0.6) is 0 Å². The number of benzene rings is 1. The summed E-state index contributed by atoms with van der Waals surface area (Å²) in [5.41, 5.74) is 1.59. The number of hydrogen-bond donors (Lipinski definition) is 1.